The van der Waals surface area contributed by atoms with Gasteiger partial charge in [0.15, 0.2) is 9.84 Å². The Hall–Kier alpha value is -2.66. The van der Waals surface area contributed by atoms with E-state index in [1.165, 1.54) is 36.9 Å². The first kappa shape index (κ1) is 20.4. The Labute approximate surface area is 143 Å². The van der Waals surface area contributed by atoms with E-state index < -0.39 is 52.3 Å². The van der Waals surface area contributed by atoms with Gasteiger partial charge in [-0.15, -0.1) is 0 Å². The van der Waals surface area contributed by atoms with Gasteiger partial charge >= 0.3 is 5.97 Å². The summed E-state index contributed by atoms with van der Waals surface area (Å²) in [6.07, 6.45) is -0.919. The lowest BCUT2D eigenvalue weighted by molar-refractivity contribution is -0.139. The first-order valence-electron chi connectivity index (χ1n) is 7.01. The van der Waals surface area contributed by atoms with Crippen molar-refractivity contribution in [3.8, 4) is 5.75 Å². The van der Waals surface area contributed by atoms with Crippen molar-refractivity contribution in [1.82, 2.24) is 10.8 Å². The number of sulfone groups is 1. The molecule has 11 heteroatoms. The second-order valence-corrected chi connectivity index (χ2v) is 6.98. The highest BCUT2D eigenvalue weighted by Crippen LogP contribution is 2.17. The molecule has 4 N–H and O–H groups in total. The van der Waals surface area contributed by atoms with Gasteiger partial charge in [0.2, 0.25) is 5.91 Å². The van der Waals surface area contributed by atoms with Crippen molar-refractivity contribution >= 4 is 27.6 Å². The minimum absolute atomic E-state index is 0.108. The Morgan fingerprint density at radius 2 is 1.76 bits per heavy atom. The molecule has 0 saturated carbocycles. The van der Waals surface area contributed by atoms with Crippen LogP contribution < -0.4 is 15.5 Å². The second kappa shape index (κ2) is 8.99. The van der Waals surface area contributed by atoms with Crippen molar-refractivity contribution in [3.05, 3.63) is 24.3 Å². The normalized spacial score (nSPS) is 12.1. The van der Waals surface area contributed by atoms with E-state index in [1.54, 1.807) is 0 Å². The van der Waals surface area contributed by atoms with Crippen LogP contribution in [-0.2, 0) is 24.2 Å². The van der Waals surface area contributed by atoms with Crippen LogP contribution in [0.3, 0.4) is 0 Å². The standard InChI is InChI=1S/C14H18N2O8S/c1-24-9-2-4-10(5-3-9)25(22,23)8-11(14(20)16-21)15-12(17)6-7-13(18)19/h2-5,11,21H,6-8H2,1H3,(H,15,17)(H,16,20)(H,18,19). The molecule has 0 aromatic heterocycles. The van der Waals surface area contributed by atoms with Crippen LogP contribution in [0.2, 0.25) is 0 Å². The smallest absolute Gasteiger partial charge is 0.303 e. The highest BCUT2D eigenvalue weighted by atomic mass is 32.2. The van der Waals surface area contributed by atoms with Gasteiger partial charge in [-0.1, -0.05) is 0 Å². The molecule has 0 fully saturated rings. The molecule has 10 nitrogen and oxygen atoms in total. The minimum atomic E-state index is -3.98. The van der Waals surface area contributed by atoms with Crippen LogP contribution in [0.4, 0.5) is 0 Å². The summed E-state index contributed by atoms with van der Waals surface area (Å²) >= 11 is 0. The number of carbonyl (C=O) groups excluding carboxylic acids is 2. The van der Waals surface area contributed by atoms with E-state index in [1.807, 2.05) is 0 Å². The largest absolute Gasteiger partial charge is 0.497 e. The predicted octanol–water partition coefficient (Wildman–Crippen LogP) is -0.676. The number of amides is 2. The molecule has 1 aromatic rings. The zero-order valence-corrected chi connectivity index (χ0v) is 14.1. The van der Waals surface area contributed by atoms with Gasteiger partial charge in [0.05, 0.1) is 24.2 Å². The van der Waals surface area contributed by atoms with Gasteiger partial charge in [-0.3, -0.25) is 19.6 Å². The lowest BCUT2D eigenvalue weighted by Crippen LogP contribution is -2.49. The average Bonchev–Trinajstić information content (AvgIpc) is 2.58. The third kappa shape index (κ3) is 6.39. The number of carbonyl (C=O) groups is 3. The molecule has 25 heavy (non-hydrogen) atoms. The van der Waals surface area contributed by atoms with Crippen molar-refractivity contribution < 1.29 is 37.9 Å². The van der Waals surface area contributed by atoms with Crippen LogP contribution in [0.5, 0.6) is 5.75 Å². The Balaban J connectivity index is 2.90. The number of hydrogen-bond donors (Lipinski definition) is 4. The van der Waals surface area contributed by atoms with E-state index in [2.05, 4.69) is 5.32 Å². The Morgan fingerprint density at radius 3 is 2.24 bits per heavy atom. The quantitative estimate of drug-likeness (QED) is 0.327. The molecular formula is C14H18N2O8S. The number of benzene rings is 1. The molecule has 0 heterocycles. The van der Waals surface area contributed by atoms with E-state index in [-0.39, 0.29) is 4.90 Å². The van der Waals surface area contributed by atoms with Gasteiger partial charge in [-0.2, -0.15) is 0 Å². The molecule has 0 radical (unpaired) electrons. The number of aliphatic carboxylic acids is 1. The van der Waals surface area contributed by atoms with Crippen LogP contribution in [0.25, 0.3) is 0 Å². The molecule has 0 bridgehead atoms. The first-order valence-corrected chi connectivity index (χ1v) is 8.66. The molecule has 0 spiro atoms. The van der Waals surface area contributed by atoms with E-state index >= 15 is 0 Å². The fraction of sp³-hybridized carbons (Fsp3) is 0.357. The third-order valence-corrected chi connectivity index (χ3v) is 4.90. The molecule has 0 aliphatic rings. The minimum Gasteiger partial charge on any atom is -0.497 e. The molecule has 2 amide bonds. The molecular weight excluding hydrogens is 356 g/mol. The topological polar surface area (TPSA) is 159 Å². The predicted molar refractivity (Wildman–Crippen MR) is 83.8 cm³/mol. The molecule has 1 atom stereocenters. The maximum absolute atomic E-state index is 12.4. The van der Waals surface area contributed by atoms with Crippen LogP contribution in [0.1, 0.15) is 12.8 Å². The summed E-state index contributed by atoms with van der Waals surface area (Å²) in [4.78, 5) is 33.6. The monoisotopic (exact) mass is 374 g/mol. The summed E-state index contributed by atoms with van der Waals surface area (Å²) in [5, 5.41) is 19.3. The molecule has 1 rings (SSSR count). The summed E-state index contributed by atoms with van der Waals surface area (Å²) in [5.74, 6) is -3.57. The molecule has 0 saturated heterocycles. The second-order valence-electron chi connectivity index (χ2n) is 4.95. The van der Waals surface area contributed by atoms with Crippen molar-refractivity contribution in [2.45, 2.75) is 23.8 Å². The number of nitrogens with one attached hydrogen (secondary N) is 2. The summed E-state index contributed by atoms with van der Waals surface area (Å²) in [7, 11) is -2.56. The molecule has 1 aromatic carbocycles. The van der Waals surface area contributed by atoms with E-state index in [0.29, 0.717) is 5.75 Å². The van der Waals surface area contributed by atoms with Crippen molar-refractivity contribution in [2.24, 2.45) is 0 Å². The first-order chi connectivity index (χ1) is 11.7. The highest BCUT2D eigenvalue weighted by Gasteiger charge is 2.28. The van der Waals surface area contributed by atoms with E-state index in [4.69, 9.17) is 15.1 Å². The number of ether oxygens (including phenoxy) is 1. The van der Waals surface area contributed by atoms with Gasteiger partial charge in [-0.05, 0) is 24.3 Å². The molecule has 138 valence electrons. The summed E-state index contributed by atoms with van der Waals surface area (Å²) in [6, 6.07) is 3.79. The van der Waals surface area contributed by atoms with Gasteiger partial charge < -0.3 is 15.2 Å². The average molecular weight is 374 g/mol. The summed E-state index contributed by atoms with van der Waals surface area (Å²) in [5.41, 5.74) is 1.27. The zero-order valence-electron chi connectivity index (χ0n) is 13.3. The zero-order chi connectivity index (χ0) is 19.0. The van der Waals surface area contributed by atoms with E-state index in [9.17, 15) is 22.8 Å². The summed E-state index contributed by atoms with van der Waals surface area (Å²) in [6.45, 7) is 0. The van der Waals surface area contributed by atoms with Gasteiger partial charge in [0.25, 0.3) is 5.91 Å². The van der Waals surface area contributed by atoms with Crippen LogP contribution in [-0.4, -0.2) is 55.4 Å². The van der Waals surface area contributed by atoms with Crippen molar-refractivity contribution in [2.75, 3.05) is 12.9 Å². The van der Waals surface area contributed by atoms with Crippen molar-refractivity contribution in [1.29, 1.82) is 0 Å². The van der Waals surface area contributed by atoms with Crippen LogP contribution >= 0.6 is 0 Å². The number of carboxylic acids is 1. The Morgan fingerprint density at radius 1 is 1.16 bits per heavy atom. The van der Waals surface area contributed by atoms with Crippen molar-refractivity contribution in [3.63, 3.8) is 0 Å². The lowest BCUT2D eigenvalue weighted by Gasteiger charge is -2.17. The van der Waals surface area contributed by atoms with Gasteiger partial charge in [-0.25, -0.2) is 13.9 Å². The Bertz CT molecular complexity index is 730. The van der Waals surface area contributed by atoms with Crippen LogP contribution in [0.15, 0.2) is 29.2 Å². The third-order valence-electron chi connectivity index (χ3n) is 3.13. The number of hydrogen-bond acceptors (Lipinski definition) is 7. The lowest BCUT2D eigenvalue weighted by atomic mass is 10.2. The molecule has 1 unspecified atom stereocenters. The fourth-order valence-electron chi connectivity index (χ4n) is 1.85. The maximum atomic E-state index is 12.4. The number of carboxylic acid groups (broad SMARTS) is 1. The SMILES string of the molecule is COc1ccc(S(=O)(=O)CC(NC(=O)CCC(=O)O)C(=O)NO)cc1. The molecule has 0 aliphatic heterocycles. The fourth-order valence-corrected chi connectivity index (χ4v) is 3.26. The van der Waals surface area contributed by atoms with Gasteiger partial charge in [0, 0.05) is 6.42 Å². The number of hydroxylamine groups is 1. The molecule has 0 aliphatic carbocycles. The van der Waals surface area contributed by atoms with E-state index in [0.717, 1.165) is 0 Å². The van der Waals surface area contributed by atoms with Gasteiger partial charge in [0.1, 0.15) is 11.8 Å². The number of rotatable bonds is 9. The Kier molecular flexibility index (Phi) is 7.33. The summed E-state index contributed by atoms with van der Waals surface area (Å²) < 4.78 is 29.6. The number of methoxy groups -OCH3 is 1. The van der Waals surface area contributed by atoms with Crippen LogP contribution in [0, 0.1) is 0 Å². The maximum Gasteiger partial charge on any atom is 0.303 e. The highest BCUT2D eigenvalue weighted by molar-refractivity contribution is 7.91.